The van der Waals surface area contributed by atoms with E-state index in [-0.39, 0.29) is 11.8 Å². The van der Waals surface area contributed by atoms with E-state index in [1.165, 1.54) is 22.3 Å². The van der Waals surface area contributed by atoms with E-state index in [0.717, 1.165) is 6.42 Å². The third-order valence-corrected chi connectivity index (χ3v) is 6.55. The van der Waals surface area contributed by atoms with Gasteiger partial charge in [0.2, 0.25) is 5.91 Å². The highest BCUT2D eigenvalue weighted by atomic mass is 16.5. The molecule has 2 bridgehead atoms. The Morgan fingerprint density at radius 1 is 0.929 bits per heavy atom. The Balaban J connectivity index is 1.34. The van der Waals surface area contributed by atoms with Crippen LogP contribution in [0.4, 0.5) is 0 Å². The van der Waals surface area contributed by atoms with Gasteiger partial charge in [0.05, 0.1) is 0 Å². The van der Waals surface area contributed by atoms with E-state index in [1.54, 1.807) is 0 Å². The van der Waals surface area contributed by atoms with Gasteiger partial charge in [0.25, 0.3) is 0 Å². The number of rotatable bonds is 4. The van der Waals surface area contributed by atoms with Gasteiger partial charge in [-0.3, -0.25) is 4.79 Å². The lowest BCUT2D eigenvalue weighted by Crippen LogP contribution is -2.42. The largest absolute Gasteiger partial charge is 0.479 e. The van der Waals surface area contributed by atoms with Crippen LogP contribution in [0.3, 0.4) is 0 Å². The minimum absolute atomic E-state index is 0.188. The highest BCUT2D eigenvalue weighted by Crippen LogP contribution is 2.55. The first-order chi connectivity index (χ1) is 13.6. The monoisotopic (exact) mass is 377 g/mol. The molecule has 144 valence electrons. The molecule has 1 saturated heterocycles. The van der Waals surface area contributed by atoms with Crippen LogP contribution in [0.1, 0.15) is 53.4 Å². The van der Waals surface area contributed by atoms with Crippen LogP contribution in [0.5, 0.6) is 0 Å². The molecule has 2 aromatic rings. The van der Waals surface area contributed by atoms with Crippen LogP contribution >= 0.6 is 0 Å². The molecule has 0 radical (unpaired) electrons. The average Bonchev–Trinajstić information content (AvgIpc) is 3.23. The van der Waals surface area contributed by atoms with Crippen LogP contribution in [0.2, 0.25) is 0 Å². The smallest absolute Gasteiger partial charge is 0.332 e. The van der Waals surface area contributed by atoms with E-state index in [0.29, 0.717) is 31.2 Å². The molecule has 1 unspecified atom stereocenters. The summed E-state index contributed by atoms with van der Waals surface area (Å²) in [7, 11) is 0. The summed E-state index contributed by atoms with van der Waals surface area (Å²) in [5.41, 5.74) is 5.58. The lowest BCUT2D eigenvalue weighted by Gasteiger charge is -2.45. The molecule has 3 atom stereocenters. The lowest BCUT2D eigenvalue weighted by molar-refractivity contribution is -0.151. The Morgan fingerprint density at radius 3 is 2.07 bits per heavy atom. The molecule has 2 N–H and O–H groups in total. The summed E-state index contributed by atoms with van der Waals surface area (Å²) in [4.78, 5) is 23.6. The highest BCUT2D eigenvalue weighted by Gasteiger charge is 2.43. The number of hydrogen-bond donors (Lipinski definition) is 2. The molecule has 0 saturated carbocycles. The topological polar surface area (TPSA) is 75.6 Å². The van der Waals surface area contributed by atoms with Crippen molar-refractivity contribution in [3.63, 3.8) is 0 Å². The first kappa shape index (κ1) is 17.4. The van der Waals surface area contributed by atoms with Gasteiger partial charge in [0.15, 0.2) is 6.10 Å². The van der Waals surface area contributed by atoms with Gasteiger partial charge in [-0.05, 0) is 47.4 Å². The van der Waals surface area contributed by atoms with Crippen molar-refractivity contribution in [3.05, 3.63) is 70.8 Å². The van der Waals surface area contributed by atoms with Gasteiger partial charge in [-0.15, -0.1) is 0 Å². The van der Waals surface area contributed by atoms with Crippen LogP contribution in [0.25, 0.3) is 0 Å². The Morgan fingerprint density at radius 2 is 1.50 bits per heavy atom. The SMILES string of the molecule is O=C(NCC1CC2c3ccccc3C1c1ccccc12)[C@@H]1CC[C@H](C(=O)O)O1. The highest BCUT2D eigenvalue weighted by molar-refractivity contribution is 5.82. The zero-order valence-corrected chi connectivity index (χ0v) is 15.5. The second kappa shape index (κ2) is 6.74. The van der Waals surface area contributed by atoms with Gasteiger partial charge in [-0.2, -0.15) is 0 Å². The quantitative estimate of drug-likeness (QED) is 0.859. The van der Waals surface area contributed by atoms with Gasteiger partial charge in [0.1, 0.15) is 6.10 Å². The minimum atomic E-state index is -0.992. The number of nitrogens with one attached hydrogen (secondary N) is 1. The summed E-state index contributed by atoms with van der Waals surface area (Å²) in [6.07, 6.45) is 0.358. The first-order valence-electron chi connectivity index (χ1n) is 9.97. The van der Waals surface area contributed by atoms with Gasteiger partial charge < -0.3 is 15.2 Å². The summed E-state index contributed by atoms with van der Waals surface area (Å²) in [6.45, 7) is 0.584. The van der Waals surface area contributed by atoms with E-state index in [9.17, 15) is 9.59 Å². The van der Waals surface area contributed by atoms with Gasteiger partial charge in [-0.1, -0.05) is 48.5 Å². The number of hydrogen-bond acceptors (Lipinski definition) is 3. The fourth-order valence-electron chi connectivity index (χ4n) is 5.32. The Labute approximate surface area is 163 Å². The Hall–Kier alpha value is -2.66. The molecule has 5 nitrogen and oxygen atoms in total. The first-order valence-corrected chi connectivity index (χ1v) is 9.97. The maximum atomic E-state index is 12.5. The number of carbonyl (C=O) groups is 2. The molecule has 28 heavy (non-hydrogen) atoms. The van der Waals surface area contributed by atoms with Crippen LogP contribution in [-0.2, 0) is 14.3 Å². The molecule has 6 rings (SSSR count). The van der Waals surface area contributed by atoms with Gasteiger partial charge in [0, 0.05) is 18.4 Å². The van der Waals surface area contributed by atoms with Crippen LogP contribution in [-0.4, -0.2) is 35.7 Å². The second-order valence-corrected chi connectivity index (χ2v) is 8.06. The van der Waals surface area contributed by atoms with Crippen molar-refractivity contribution in [1.29, 1.82) is 0 Å². The summed E-state index contributed by atoms with van der Waals surface area (Å²) < 4.78 is 5.39. The summed E-state index contributed by atoms with van der Waals surface area (Å²) in [5, 5.41) is 12.1. The maximum absolute atomic E-state index is 12.5. The molecule has 1 aliphatic heterocycles. The van der Waals surface area contributed by atoms with Crippen LogP contribution in [0.15, 0.2) is 48.5 Å². The number of ether oxygens (including phenoxy) is 1. The minimum Gasteiger partial charge on any atom is -0.479 e. The fourth-order valence-corrected chi connectivity index (χ4v) is 5.32. The fraction of sp³-hybridized carbons (Fsp3) is 0.391. The predicted octanol–water partition coefficient (Wildman–Crippen LogP) is 3.03. The summed E-state index contributed by atoms with van der Waals surface area (Å²) in [5.74, 6) is -0.192. The van der Waals surface area contributed by atoms with Crippen LogP contribution in [0, 0.1) is 5.92 Å². The predicted molar refractivity (Wildman–Crippen MR) is 103 cm³/mol. The number of amides is 1. The molecule has 5 heteroatoms. The van der Waals surface area contributed by atoms with E-state index < -0.39 is 18.2 Å². The number of fused-ring (bicyclic) bond motifs is 1. The molecule has 1 fully saturated rings. The third-order valence-electron chi connectivity index (χ3n) is 6.55. The number of carboxylic acid groups (broad SMARTS) is 1. The van der Waals surface area contributed by atoms with Crippen molar-refractivity contribution < 1.29 is 19.4 Å². The standard InChI is InChI=1S/C23H23NO4/c25-22(19-9-10-20(28-19)23(26)27)24-12-13-11-18-14-5-1-3-7-16(14)21(13)17-8-4-2-6-15(17)18/h1-8,13,18-21H,9-12H2,(H,24,25)(H,26,27)/t13?,18?,19-,20+,21?/m0/s1. The average molecular weight is 377 g/mol. The van der Waals surface area contributed by atoms with E-state index in [2.05, 4.69) is 53.8 Å². The molecular weight excluding hydrogens is 354 g/mol. The normalized spacial score (nSPS) is 29.8. The molecule has 0 spiro atoms. The van der Waals surface area contributed by atoms with Crippen LogP contribution < -0.4 is 5.32 Å². The van der Waals surface area contributed by atoms with Gasteiger partial charge >= 0.3 is 5.97 Å². The van der Waals surface area contributed by atoms with Crippen molar-refractivity contribution in [3.8, 4) is 0 Å². The van der Waals surface area contributed by atoms with E-state index >= 15 is 0 Å². The Bertz CT molecular complexity index is 892. The summed E-state index contributed by atoms with van der Waals surface area (Å²) >= 11 is 0. The number of benzene rings is 2. The summed E-state index contributed by atoms with van der Waals surface area (Å²) in [6, 6.07) is 17.3. The van der Waals surface area contributed by atoms with Crippen molar-refractivity contribution in [2.45, 2.75) is 43.3 Å². The van der Waals surface area contributed by atoms with Crippen molar-refractivity contribution in [2.24, 2.45) is 5.92 Å². The van der Waals surface area contributed by atoms with E-state index in [4.69, 9.17) is 9.84 Å². The zero-order chi connectivity index (χ0) is 19.3. The van der Waals surface area contributed by atoms with E-state index in [1.807, 2.05) is 0 Å². The zero-order valence-electron chi connectivity index (χ0n) is 15.5. The molecule has 1 amide bonds. The molecule has 0 aromatic heterocycles. The van der Waals surface area contributed by atoms with Gasteiger partial charge in [-0.25, -0.2) is 4.79 Å². The maximum Gasteiger partial charge on any atom is 0.332 e. The Kier molecular flexibility index (Phi) is 4.20. The molecular formula is C23H23NO4. The molecule has 1 heterocycles. The lowest BCUT2D eigenvalue weighted by atomic mass is 9.59. The van der Waals surface area contributed by atoms with Crippen molar-refractivity contribution >= 4 is 11.9 Å². The third kappa shape index (κ3) is 2.73. The molecule has 3 aliphatic carbocycles. The van der Waals surface area contributed by atoms with Crippen molar-refractivity contribution in [2.75, 3.05) is 6.54 Å². The van der Waals surface area contributed by atoms with Crippen molar-refractivity contribution in [1.82, 2.24) is 5.32 Å². The second-order valence-electron chi connectivity index (χ2n) is 8.06. The number of carbonyl (C=O) groups excluding carboxylic acids is 1. The number of carboxylic acids is 1. The molecule has 4 aliphatic rings. The molecule has 2 aromatic carbocycles. The number of aliphatic carboxylic acids is 1.